The van der Waals surface area contributed by atoms with E-state index in [0.717, 1.165) is 30.0 Å². The number of benzene rings is 2. The smallest absolute Gasteiger partial charge is 0.335 e. The molecule has 2 heterocycles. The molecule has 8 nitrogen and oxygen atoms in total. The lowest BCUT2D eigenvalue weighted by Gasteiger charge is -2.35. The van der Waals surface area contributed by atoms with Gasteiger partial charge in [0.2, 0.25) is 5.91 Å². The molecule has 1 aromatic heterocycles. The van der Waals surface area contributed by atoms with E-state index in [1.807, 2.05) is 28.5 Å². The molecule has 1 N–H and O–H groups in total. The highest BCUT2D eigenvalue weighted by atomic mass is 16.5. The summed E-state index contributed by atoms with van der Waals surface area (Å²) in [5.41, 5.74) is 3.63. The fourth-order valence-corrected chi connectivity index (χ4v) is 3.99. The Morgan fingerprint density at radius 3 is 2.42 bits per heavy atom. The first-order chi connectivity index (χ1) is 14.9. The van der Waals surface area contributed by atoms with Gasteiger partial charge >= 0.3 is 5.97 Å². The number of amides is 1. The molecule has 4 rings (SSSR count). The van der Waals surface area contributed by atoms with E-state index in [4.69, 9.17) is 9.72 Å². The number of piperazine rings is 1. The molecular weight excluding hydrogens is 396 g/mol. The standard InChI is InChI=1S/C23H26N4O4/c1-15(31-3)22-24-20-13-17(23(29)30)7-8-21(20)27(22)19-6-4-5-18(14-19)26-11-9-25(10-12-26)16(2)28/h4-8,13-15H,9-12H2,1-3H3,(H,29,30). The molecule has 162 valence electrons. The molecule has 0 radical (unpaired) electrons. The van der Waals surface area contributed by atoms with Crippen LogP contribution in [0.2, 0.25) is 0 Å². The summed E-state index contributed by atoms with van der Waals surface area (Å²) >= 11 is 0. The summed E-state index contributed by atoms with van der Waals surface area (Å²) in [4.78, 5) is 31.8. The van der Waals surface area contributed by atoms with Gasteiger partial charge in [-0.3, -0.25) is 9.36 Å². The van der Waals surface area contributed by atoms with Gasteiger partial charge < -0.3 is 19.6 Å². The van der Waals surface area contributed by atoms with Gasteiger partial charge in [-0.25, -0.2) is 9.78 Å². The number of aromatic carboxylic acids is 1. The third-order valence-corrected chi connectivity index (χ3v) is 5.82. The van der Waals surface area contributed by atoms with Crippen LogP contribution in [0.4, 0.5) is 5.69 Å². The Balaban J connectivity index is 1.75. The maximum Gasteiger partial charge on any atom is 0.335 e. The molecule has 0 saturated carbocycles. The fraction of sp³-hybridized carbons (Fsp3) is 0.348. The summed E-state index contributed by atoms with van der Waals surface area (Å²) in [6.07, 6.45) is -0.275. The predicted molar refractivity (Wildman–Crippen MR) is 118 cm³/mol. The van der Waals surface area contributed by atoms with E-state index in [2.05, 4.69) is 17.0 Å². The lowest BCUT2D eigenvalue weighted by atomic mass is 10.2. The fourth-order valence-electron chi connectivity index (χ4n) is 3.99. The minimum Gasteiger partial charge on any atom is -0.478 e. The van der Waals surface area contributed by atoms with Gasteiger partial charge in [-0.05, 0) is 43.3 Å². The Morgan fingerprint density at radius 1 is 1.06 bits per heavy atom. The second-order valence-corrected chi connectivity index (χ2v) is 7.70. The van der Waals surface area contributed by atoms with Crippen LogP contribution in [-0.2, 0) is 9.53 Å². The Labute approximate surface area is 180 Å². The molecule has 1 aliphatic rings. The van der Waals surface area contributed by atoms with Crippen LogP contribution in [-0.4, -0.2) is 64.7 Å². The zero-order chi connectivity index (χ0) is 22.1. The second kappa shape index (κ2) is 8.39. The third-order valence-electron chi connectivity index (χ3n) is 5.82. The monoisotopic (exact) mass is 422 g/mol. The number of fused-ring (bicyclic) bond motifs is 1. The van der Waals surface area contributed by atoms with Gasteiger partial charge in [0, 0.05) is 51.6 Å². The molecule has 8 heteroatoms. The van der Waals surface area contributed by atoms with E-state index in [-0.39, 0.29) is 17.6 Å². The Hall–Kier alpha value is -3.39. The van der Waals surface area contributed by atoms with E-state index >= 15 is 0 Å². The number of anilines is 1. The van der Waals surface area contributed by atoms with Crippen LogP contribution in [0.15, 0.2) is 42.5 Å². The van der Waals surface area contributed by atoms with Crippen LogP contribution in [0.1, 0.15) is 36.1 Å². The van der Waals surface area contributed by atoms with Crippen molar-refractivity contribution in [1.82, 2.24) is 14.5 Å². The highest BCUT2D eigenvalue weighted by Crippen LogP contribution is 2.29. The van der Waals surface area contributed by atoms with Crippen LogP contribution in [0.25, 0.3) is 16.7 Å². The molecular formula is C23H26N4O4. The van der Waals surface area contributed by atoms with E-state index in [1.54, 1.807) is 32.2 Å². The zero-order valence-corrected chi connectivity index (χ0v) is 17.9. The zero-order valence-electron chi connectivity index (χ0n) is 17.9. The first-order valence-corrected chi connectivity index (χ1v) is 10.3. The maximum absolute atomic E-state index is 11.6. The largest absolute Gasteiger partial charge is 0.478 e. The molecule has 0 aliphatic carbocycles. The van der Waals surface area contributed by atoms with Gasteiger partial charge in [0.25, 0.3) is 0 Å². The van der Waals surface area contributed by atoms with Crippen LogP contribution in [0.5, 0.6) is 0 Å². The Bertz CT molecular complexity index is 1130. The van der Waals surface area contributed by atoms with Crippen molar-refractivity contribution in [2.75, 3.05) is 38.2 Å². The van der Waals surface area contributed by atoms with Gasteiger partial charge in [0.05, 0.1) is 16.6 Å². The van der Waals surface area contributed by atoms with Crippen molar-refractivity contribution in [2.24, 2.45) is 0 Å². The molecule has 1 unspecified atom stereocenters. The summed E-state index contributed by atoms with van der Waals surface area (Å²) in [6.45, 7) is 6.48. The van der Waals surface area contributed by atoms with Crippen molar-refractivity contribution in [3.8, 4) is 5.69 Å². The van der Waals surface area contributed by atoms with Crippen molar-refractivity contribution in [2.45, 2.75) is 20.0 Å². The van der Waals surface area contributed by atoms with Gasteiger partial charge in [-0.2, -0.15) is 0 Å². The van der Waals surface area contributed by atoms with Crippen LogP contribution in [0.3, 0.4) is 0 Å². The summed E-state index contributed by atoms with van der Waals surface area (Å²) in [7, 11) is 1.63. The minimum atomic E-state index is -0.982. The quantitative estimate of drug-likeness (QED) is 0.680. The summed E-state index contributed by atoms with van der Waals surface area (Å²) in [6, 6.07) is 13.1. The summed E-state index contributed by atoms with van der Waals surface area (Å²) in [5.74, 6) is -0.166. The van der Waals surface area contributed by atoms with E-state index < -0.39 is 5.97 Å². The average molecular weight is 422 g/mol. The highest BCUT2D eigenvalue weighted by Gasteiger charge is 2.22. The van der Waals surface area contributed by atoms with Crippen molar-refractivity contribution in [3.05, 3.63) is 53.9 Å². The molecule has 31 heavy (non-hydrogen) atoms. The number of carbonyl (C=O) groups excluding carboxylic acids is 1. The van der Waals surface area contributed by atoms with Crippen LogP contribution >= 0.6 is 0 Å². The van der Waals surface area contributed by atoms with E-state index in [9.17, 15) is 14.7 Å². The molecule has 2 aromatic carbocycles. The first kappa shape index (κ1) is 20.9. The SMILES string of the molecule is COC(C)c1nc2cc(C(=O)O)ccc2n1-c1cccc(N2CCN(C(C)=O)CC2)c1. The highest BCUT2D eigenvalue weighted by molar-refractivity contribution is 5.93. The maximum atomic E-state index is 11.6. The normalized spacial score (nSPS) is 15.3. The predicted octanol–water partition coefficient (Wildman–Crippen LogP) is 3.10. The van der Waals surface area contributed by atoms with Crippen LogP contribution < -0.4 is 4.90 Å². The van der Waals surface area contributed by atoms with E-state index in [0.29, 0.717) is 24.4 Å². The number of methoxy groups -OCH3 is 1. The molecule has 1 fully saturated rings. The van der Waals surface area contributed by atoms with Gasteiger partial charge in [-0.1, -0.05) is 6.07 Å². The Kier molecular flexibility index (Phi) is 5.65. The number of rotatable bonds is 5. The number of hydrogen-bond donors (Lipinski definition) is 1. The molecule has 1 atom stereocenters. The lowest BCUT2D eigenvalue weighted by molar-refractivity contribution is -0.129. The summed E-state index contributed by atoms with van der Waals surface area (Å²) in [5, 5.41) is 9.34. The van der Waals surface area contributed by atoms with E-state index in [1.165, 1.54) is 0 Å². The van der Waals surface area contributed by atoms with Gasteiger partial charge in [-0.15, -0.1) is 0 Å². The number of carbonyl (C=O) groups is 2. The van der Waals surface area contributed by atoms with Gasteiger partial charge in [0.1, 0.15) is 11.9 Å². The van der Waals surface area contributed by atoms with Crippen molar-refractivity contribution in [3.63, 3.8) is 0 Å². The number of hydrogen-bond acceptors (Lipinski definition) is 5. The average Bonchev–Trinajstić information content (AvgIpc) is 3.17. The number of nitrogens with zero attached hydrogens (tertiary/aromatic N) is 4. The van der Waals surface area contributed by atoms with Crippen molar-refractivity contribution < 1.29 is 19.4 Å². The molecule has 3 aromatic rings. The topological polar surface area (TPSA) is 87.9 Å². The molecule has 1 aliphatic heterocycles. The minimum absolute atomic E-state index is 0.109. The second-order valence-electron chi connectivity index (χ2n) is 7.70. The molecule has 0 bridgehead atoms. The number of ether oxygens (including phenoxy) is 1. The van der Waals surface area contributed by atoms with Gasteiger partial charge in [0.15, 0.2) is 0 Å². The van der Waals surface area contributed by atoms with Crippen molar-refractivity contribution in [1.29, 1.82) is 0 Å². The number of carboxylic acid groups (broad SMARTS) is 1. The first-order valence-electron chi connectivity index (χ1n) is 10.3. The summed E-state index contributed by atoms with van der Waals surface area (Å²) < 4.78 is 7.56. The molecule has 1 saturated heterocycles. The molecule has 1 amide bonds. The van der Waals surface area contributed by atoms with Crippen molar-refractivity contribution >= 4 is 28.6 Å². The van der Waals surface area contributed by atoms with Crippen LogP contribution in [0, 0.1) is 0 Å². The number of carboxylic acids is 1. The Morgan fingerprint density at radius 2 is 1.77 bits per heavy atom. The lowest BCUT2D eigenvalue weighted by Crippen LogP contribution is -2.48. The molecule has 0 spiro atoms. The number of imidazole rings is 1. The number of aromatic nitrogens is 2. The third kappa shape index (κ3) is 3.98.